The second-order valence-electron chi connectivity index (χ2n) is 8.49. The smallest absolute Gasteiger partial charge is 0.200 e. The quantitative estimate of drug-likeness (QED) is 0.269. The standard InChI is InChI=1S/C28H32O7/c1-34-26-16-20(9-12-24(26)31)7-10-22(29)18-23(30)11-8-21-15-25(32)28(33)27(17-21)35-14-13-19-5-3-2-4-6-19/h2-6,9,12,15-17,23,30-33H,7-8,10-11,13-14,18H2,1H3/t23-/m1/s1. The number of hydrogen-bond acceptors (Lipinski definition) is 7. The number of carbonyl (C=O) groups excluding carboxylic acids is 1. The minimum Gasteiger partial charge on any atom is -0.504 e. The summed E-state index contributed by atoms with van der Waals surface area (Å²) in [4.78, 5) is 12.3. The van der Waals surface area contributed by atoms with Gasteiger partial charge < -0.3 is 29.9 Å². The average molecular weight is 481 g/mol. The van der Waals surface area contributed by atoms with Gasteiger partial charge in [-0.05, 0) is 60.2 Å². The van der Waals surface area contributed by atoms with Crippen LogP contribution in [0.25, 0.3) is 0 Å². The summed E-state index contributed by atoms with van der Waals surface area (Å²) in [7, 11) is 1.47. The molecule has 0 amide bonds. The molecule has 3 aromatic rings. The Morgan fingerprint density at radius 1 is 0.829 bits per heavy atom. The molecule has 0 spiro atoms. The Morgan fingerprint density at radius 2 is 1.57 bits per heavy atom. The van der Waals surface area contributed by atoms with E-state index in [1.54, 1.807) is 18.2 Å². The molecule has 1 atom stereocenters. The molecule has 3 rings (SSSR count). The van der Waals surface area contributed by atoms with Crippen LogP contribution < -0.4 is 9.47 Å². The molecule has 0 aliphatic carbocycles. The number of carbonyl (C=O) groups is 1. The monoisotopic (exact) mass is 480 g/mol. The SMILES string of the molecule is COc1cc(CCC(=O)C[C@H](O)CCc2cc(O)c(O)c(OCCc3ccccc3)c2)ccc1O. The summed E-state index contributed by atoms with van der Waals surface area (Å²) >= 11 is 0. The minimum atomic E-state index is -0.824. The van der Waals surface area contributed by atoms with E-state index < -0.39 is 6.10 Å². The first kappa shape index (κ1) is 25.9. The van der Waals surface area contributed by atoms with Crippen LogP contribution in [-0.2, 0) is 24.1 Å². The summed E-state index contributed by atoms with van der Waals surface area (Å²) in [5, 5.41) is 40.2. The van der Waals surface area contributed by atoms with Crippen LogP contribution in [0.5, 0.6) is 28.7 Å². The zero-order valence-corrected chi connectivity index (χ0v) is 19.8. The maximum atomic E-state index is 12.3. The zero-order valence-electron chi connectivity index (χ0n) is 19.8. The van der Waals surface area contributed by atoms with E-state index >= 15 is 0 Å². The van der Waals surface area contributed by atoms with Gasteiger partial charge in [0, 0.05) is 19.3 Å². The second kappa shape index (κ2) is 12.7. The van der Waals surface area contributed by atoms with Gasteiger partial charge in [0.05, 0.1) is 19.8 Å². The average Bonchev–Trinajstić information content (AvgIpc) is 2.85. The maximum Gasteiger partial charge on any atom is 0.200 e. The molecule has 7 nitrogen and oxygen atoms in total. The highest BCUT2D eigenvalue weighted by Gasteiger charge is 2.15. The molecule has 186 valence electrons. The van der Waals surface area contributed by atoms with Crippen LogP contribution in [0, 0.1) is 0 Å². The van der Waals surface area contributed by atoms with Gasteiger partial charge in [0.15, 0.2) is 23.0 Å². The number of ether oxygens (including phenoxy) is 2. The van der Waals surface area contributed by atoms with Crippen molar-refractivity contribution in [1.82, 2.24) is 0 Å². The highest BCUT2D eigenvalue weighted by atomic mass is 16.5. The van der Waals surface area contributed by atoms with Crippen molar-refractivity contribution in [2.24, 2.45) is 0 Å². The number of aromatic hydroxyl groups is 3. The fourth-order valence-corrected chi connectivity index (χ4v) is 3.79. The lowest BCUT2D eigenvalue weighted by molar-refractivity contribution is -0.121. The number of aliphatic hydroxyl groups excluding tert-OH is 1. The number of benzene rings is 3. The lowest BCUT2D eigenvalue weighted by Gasteiger charge is -2.13. The van der Waals surface area contributed by atoms with E-state index in [9.17, 15) is 25.2 Å². The summed E-state index contributed by atoms with van der Waals surface area (Å²) in [5.74, 6) is -0.0806. The Morgan fingerprint density at radius 3 is 2.31 bits per heavy atom. The summed E-state index contributed by atoms with van der Waals surface area (Å²) in [5.41, 5.74) is 2.66. The molecule has 3 aromatic carbocycles. The number of rotatable bonds is 13. The van der Waals surface area contributed by atoms with Crippen LogP contribution in [-0.4, -0.2) is 46.0 Å². The van der Waals surface area contributed by atoms with Gasteiger partial charge in [0.2, 0.25) is 5.75 Å². The van der Waals surface area contributed by atoms with Gasteiger partial charge in [-0.2, -0.15) is 0 Å². The number of hydrogen-bond donors (Lipinski definition) is 4. The van der Waals surface area contributed by atoms with Crippen LogP contribution >= 0.6 is 0 Å². The van der Waals surface area contributed by atoms with Crippen molar-refractivity contribution in [1.29, 1.82) is 0 Å². The molecule has 0 aliphatic rings. The fraction of sp³-hybridized carbons (Fsp3) is 0.321. The molecule has 4 N–H and O–H groups in total. The van der Waals surface area contributed by atoms with Crippen LogP contribution in [0.1, 0.15) is 36.0 Å². The molecule has 0 heterocycles. The molecule has 7 heteroatoms. The number of ketones is 1. The van der Waals surface area contributed by atoms with Gasteiger partial charge in [-0.3, -0.25) is 4.79 Å². The molecule has 0 unspecified atom stereocenters. The fourth-order valence-electron chi connectivity index (χ4n) is 3.79. The van der Waals surface area contributed by atoms with E-state index in [4.69, 9.17) is 9.47 Å². The Kier molecular flexibility index (Phi) is 9.38. The lowest BCUT2D eigenvalue weighted by atomic mass is 9.99. The number of methoxy groups -OCH3 is 1. The molecule has 0 bridgehead atoms. The molecule has 0 fully saturated rings. The van der Waals surface area contributed by atoms with Crippen LogP contribution in [0.4, 0.5) is 0 Å². The summed E-state index contributed by atoms with van der Waals surface area (Å²) in [6.45, 7) is 0.338. The number of Topliss-reactive ketones (excluding diaryl/α,β-unsaturated/α-hetero) is 1. The van der Waals surface area contributed by atoms with Gasteiger partial charge in [0.25, 0.3) is 0 Å². The Balaban J connectivity index is 1.46. The van der Waals surface area contributed by atoms with Crippen LogP contribution in [0.2, 0.25) is 0 Å². The van der Waals surface area contributed by atoms with Crippen molar-refractivity contribution in [3.8, 4) is 28.7 Å². The molecule has 0 saturated heterocycles. The zero-order chi connectivity index (χ0) is 25.2. The molecule has 0 saturated carbocycles. The highest BCUT2D eigenvalue weighted by Crippen LogP contribution is 2.37. The number of aliphatic hydroxyl groups is 1. The number of phenols is 3. The third kappa shape index (κ3) is 7.93. The summed E-state index contributed by atoms with van der Waals surface area (Å²) < 4.78 is 10.8. The van der Waals surface area contributed by atoms with E-state index in [2.05, 4.69) is 0 Å². The van der Waals surface area contributed by atoms with E-state index in [1.807, 2.05) is 30.3 Å². The lowest BCUT2D eigenvalue weighted by Crippen LogP contribution is -2.15. The molecular formula is C28H32O7. The Labute approximate surface area is 205 Å². The van der Waals surface area contributed by atoms with Gasteiger partial charge in [-0.15, -0.1) is 0 Å². The van der Waals surface area contributed by atoms with Crippen molar-refractivity contribution in [3.05, 3.63) is 77.4 Å². The second-order valence-corrected chi connectivity index (χ2v) is 8.49. The first-order valence-corrected chi connectivity index (χ1v) is 11.6. The van der Waals surface area contributed by atoms with E-state index in [0.717, 1.165) is 11.1 Å². The molecule has 35 heavy (non-hydrogen) atoms. The predicted molar refractivity (Wildman–Crippen MR) is 132 cm³/mol. The van der Waals surface area contributed by atoms with Crippen molar-refractivity contribution >= 4 is 5.78 Å². The first-order chi connectivity index (χ1) is 16.9. The Bertz CT molecular complexity index is 1110. The maximum absolute atomic E-state index is 12.3. The van der Waals surface area contributed by atoms with Gasteiger partial charge >= 0.3 is 0 Å². The molecular weight excluding hydrogens is 448 g/mol. The molecule has 0 radical (unpaired) electrons. The van der Waals surface area contributed by atoms with Crippen molar-refractivity contribution < 1.29 is 34.7 Å². The number of aryl methyl sites for hydroxylation is 2. The molecule has 0 aliphatic heterocycles. The summed E-state index contributed by atoms with van der Waals surface area (Å²) in [6, 6.07) is 17.8. The summed E-state index contributed by atoms with van der Waals surface area (Å²) in [6.07, 6.45) is 1.35. The normalized spacial score (nSPS) is 11.7. The van der Waals surface area contributed by atoms with Gasteiger partial charge in [-0.1, -0.05) is 36.4 Å². The third-order valence-electron chi connectivity index (χ3n) is 5.77. The largest absolute Gasteiger partial charge is 0.504 e. The third-order valence-corrected chi connectivity index (χ3v) is 5.77. The van der Waals surface area contributed by atoms with Crippen LogP contribution in [0.3, 0.4) is 0 Å². The first-order valence-electron chi connectivity index (χ1n) is 11.6. The number of phenolic OH excluding ortho intramolecular Hbond substituents is 3. The van der Waals surface area contributed by atoms with Crippen molar-refractivity contribution in [3.63, 3.8) is 0 Å². The minimum absolute atomic E-state index is 0.0275. The van der Waals surface area contributed by atoms with Gasteiger partial charge in [0.1, 0.15) is 5.78 Å². The van der Waals surface area contributed by atoms with Gasteiger partial charge in [-0.25, -0.2) is 0 Å². The van der Waals surface area contributed by atoms with Crippen molar-refractivity contribution in [2.75, 3.05) is 13.7 Å². The van der Waals surface area contributed by atoms with Crippen molar-refractivity contribution in [2.45, 2.75) is 44.6 Å². The highest BCUT2D eigenvalue weighted by molar-refractivity contribution is 5.79. The topological polar surface area (TPSA) is 116 Å². The molecule has 0 aromatic heterocycles. The van der Waals surface area contributed by atoms with Crippen LogP contribution in [0.15, 0.2) is 60.7 Å². The van der Waals surface area contributed by atoms with E-state index in [-0.39, 0.29) is 41.6 Å². The van der Waals surface area contributed by atoms with E-state index in [0.29, 0.717) is 43.6 Å². The predicted octanol–water partition coefficient (Wildman–Crippen LogP) is 4.32. The van der Waals surface area contributed by atoms with E-state index in [1.165, 1.54) is 19.2 Å². The Hall–Kier alpha value is -3.71.